The molecule has 0 amide bonds. The Morgan fingerprint density at radius 2 is 2.00 bits per heavy atom. The zero-order chi connectivity index (χ0) is 11.3. The van der Waals surface area contributed by atoms with Crippen LogP contribution in [0.25, 0.3) is 0 Å². The zero-order valence-electron chi connectivity index (χ0n) is 8.23. The molecule has 0 saturated heterocycles. The highest BCUT2D eigenvalue weighted by Crippen LogP contribution is 2.08. The molecule has 0 saturated carbocycles. The van der Waals surface area contributed by atoms with E-state index < -0.39 is 22.6 Å². The molecule has 0 fully saturated rings. The first kappa shape index (κ1) is 11.8. The number of benzene rings is 1. The van der Waals surface area contributed by atoms with Crippen LogP contribution >= 0.6 is 0 Å². The molecule has 1 aromatic rings. The van der Waals surface area contributed by atoms with E-state index in [1.165, 1.54) is 24.3 Å². The van der Waals surface area contributed by atoms with Gasteiger partial charge in [-0.3, -0.25) is 9.00 Å². The van der Waals surface area contributed by atoms with Crippen molar-refractivity contribution < 1.29 is 18.1 Å². The number of hydrogen-bond acceptors (Lipinski definition) is 3. The van der Waals surface area contributed by atoms with Gasteiger partial charge in [0.05, 0.1) is 17.4 Å². The third-order valence-corrected chi connectivity index (χ3v) is 2.93. The van der Waals surface area contributed by atoms with Crippen molar-refractivity contribution in [2.75, 3.05) is 12.4 Å². The van der Waals surface area contributed by atoms with Crippen LogP contribution in [0.1, 0.15) is 6.92 Å². The summed E-state index contributed by atoms with van der Waals surface area (Å²) in [6.07, 6.45) is 0. The maximum absolute atomic E-state index is 12.5. The topological polar surface area (TPSA) is 43.4 Å². The fourth-order valence-corrected chi connectivity index (χ4v) is 1.88. The number of esters is 1. The Kier molecular flexibility index (Phi) is 4.42. The van der Waals surface area contributed by atoms with E-state index in [2.05, 4.69) is 4.74 Å². The summed E-state index contributed by atoms with van der Waals surface area (Å²) in [5.41, 5.74) is 0. The van der Waals surface area contributed by atoms with Crippen molar-refractivity contribution in [1.29, 1.82) is 0 Å². The quantitative estimate of drug-likeness (QED) is 0.736. The smallest absolute Gasteiger partial charge is 0.318 e. The number of hydrogen-bond donors (Lipinski definition) is 0. The first-order valence-electron chi connectivity index (χ1n) is 4.43. The average Bonchev–Trinajstić information content (AvgIpc) is 2.18. The third kappa shape index (κ3) is 3.79. The SMILES string of the molecule is CCOC(=O)C[S@](=O)c1ccc(F)cc1. The zero-order valence-corrected chi connectivity index (χ0v) is 9.05. The molecule has 1 aromatic carbocycles. The minimum Gasteiger partial charge on any atom is -0.465 e. The molecule has 0 radical (unpaired) electrons. The van der Waals surface area contributed by atoms with E-state index in [9.17, 15) is 13.4 Å². The Balaban J connectivity index is 2.61. The van der Waals surface area contributed by atoms with Gasteiger partial charge in [-0.15, -0.1) is 0 Å². The summed E-state index contributed by atoms with van der Waals surface area (Å²) in [7, 11) is -1.46. The lowest BCUT2D eigenvalue weighted by Crippen LogP contribution is -2.14. The molecule has 0 aliphatic rings. The standard InChI is InChI=1S/C10H11FO3S/c1-2-14-10(12)7-15(13)9-5-3-8(11)4-6-9/h3-6H,2,7H2,1H3/t15-/m0/s1. The van der Waals surface area contributed by atoms with Gasteiger partial charge in [-0.1, -0.05) is 0 Å². The molecule has 0 bridgehead atoms. The number of halogens is 1. The van der Waals surface area contributed by atoms with Gasteiger partial charge >= 0.3 is 5.97 Å². The van der Waals surface area contributed by atoms with E-state index >= 15 is 0 Å². The van der Waals surface area contributed by atoms with E-state index in [-0.39, 0.29) is 12.4 Å². The maximum Gasteiger partial charge on any atom is 0.318 e. The van der Waals surface area contributed by atoms with Crippen LogP contribution in [0.4, 0.5) is 4.39 Å². The van der Waals surface area contributed by atoms with Gasteiger partial charge in [-0.05, 0) is 31.2 Å². The van der Waals surface area contributed by atoms with Gasteiger partial charge in [-0.2, -0.15) is 0 Å². The molecule has 15 heavy (non-hydrogen) atoms. The monoisotopic (exact) mass is 230 g/mol. The number of ether oxygens (including phenoxy) is 1. The summed E-state index contributed by atoms with van der Waals surface area (Å²) < 4.78 is 28.7. The third-order valence-electron chi connectivity index (χ3n) is 1.63. The second-order valence-electron chi connectivity index (χ2n) is 2.75. The molecule has 1 atom stereocenters. The molecule has 82 valence electrons. The molecule has 0 aliphatic heterocycles. The average molecular weight is 230 g/mol. The van der Waals surface area contributed by atoms with Gasteiger partial charge in [0.1, 0.15) is 11.6 Å². The molecule has 0 unspecified atom stereocenters. The lowest BCUT2D eigenvalue weighted by Gasteiger charge is -2.02. The highest BCUT2D eigenvalue weighted by atomic mass is 32.2. The molecule has 0 aromatic heterocycles. The predicted molar refractivity (Wildman–Crippen MR) is 54.3 cm³/mol. The number of rotatable bonds is 4. The van der Waals surface area contributed by atoms with Crippen LogP contribution in [-0.2, 0) is 20.3 Å². The van der Waals surface area contributed by atoms with Crippen LogP contribution in [0, 0.1) is 5.82 Å². The molecule has 0 aliphatic carbocycles. The maximum atomic E-state index is 12.5. The second kappa shape index (κ2) is 5.60. The van der Waals surface area contributed by atoms with Crippen molar-refractivity contribution in [3.05, 3.63) is 30.1 Å². The van der Waals surface area contributed by atoms with Crippen LogP contribution in [0.3, 0.4) is 0 Å². The van der Waals surface area contributed by atoms with Gasteiger partial charge in [0.2, 0.25) is 0 Å². The van der Waals surface area contributed by atoms with Crippen LogP contribution in [-0.4, -0.2) is 22.5 Å². The molecule has 1 rings (SSSR count). The van der Waals surface area contributed by atoms with Gasteiger partial charge < -0.3 is 4.74 Å². The van der Waals surface area contributed by atoms with Crippen LogP contribution in [0.5, 0.6) is 0 Å². The largest absolute Gasteiger partial charge is 0.465 e. The molecular formula is C10H11FO3S. The fraction of sp³-hybridized carbons (Fsp3) is 0.300. The summed E-state index contributed by atoms with van der Waals surface area (Å²) in [6.45, 7) is 1.94. The molecule has 0 heterocycles. The summed E-state index contributed by atoms with van der Waals surface area (Å²) in [5, 5.41) is 0. The first-order chi connectivity index (χ1) is 7.13. The Bertz CT molecular complexity index is 361. The lowest BCUT2D eigenvalue weighted by atomic mass is 10.4. The number of carbonyl (C=O) groups is 1. The van der Waals surface area contributed by atoms with Crippen molar-refractivity contribution in [3.63, 3.8) is 0 Å². The molecular weight excluding hydrogens is 219 g/mol. The van der Waals surface area contributed by atoms with Crippen molar-refractivity contribution in [2.24, 2.45) is 0 Å². The van der Waals surface area contributed by atoms with E-state index in [1.807, 2.05) is 0 Å². The lowest BCUT2D eigenvalue weighted by molar-refractivity contribution is -0.139. The Labute approximate surface area is 89.7 Å². The minimum atomic E-state index is -1.46. The highest BCUT2D eigenvalue weighted by molar-refractivity contribution is 7.85. The minimum absolute atomic E-state index is 0.195. The number of carbonyl (C=O) groups excluding carboxylic acids is 1. The van der Waals surface area contributed by atoms with Crippen LogP contribution in [0.15, 0.2) is 29.2 Å². The van der Waals surface area contributed by atoms with Crippen molar-refractivity contribution in [2.45, 2.75) is 11.8 Å². The molecule has 0 spiro atoms. The van der Waals surface area contributed by atoms with Gasteiger partial charge in [0.15, 0.2) is 0 Å². The van der Waals surface area contributed by atoms with E-state index in [1.54, 1.807) is 6.92 Å². The van der Waals surface area contributed by atoms with Crippen molar-refractivity contribution >= 4 is 16.8 Å². The Morgan fingerprint density at radius 1 is 1.40 bits per heavy atom. The molecule has 5 heteroatoms. The van der Waals surface area contributed by atoms with Crippen molar-refractivity contribution in [1.82, 2.24) is 0 Å². The first-order valence-corrected chi connectivity index (χ1v) is 5.75. The predicted octanol–water partition coefficient (Wildman–Crippen LogP) is 1.50. The van der Waals surface area contributed by atoms with Crippen molar-refractivity contribution in [3.8, 4) is 0 Å². The van der Waals surface area contributed by atoms with E-state index in [0.29, 0.717) is 4.90 Å². The Hall–Kier alpha value is -1.23. The fourth-order valence-electron chi connectivity index (χ4n) is 0.979. The summed E-state index contributed by atoms with van der Waals surface area (Å²) in [5.74, 6) is -1.11. The highest BCUT2D eigenvalue weighted by Gasteiger charge is 2.10. The van der Waals surface area contributed by atoms with Crippen LogP contribution < -0.4 is 0 Å². The summed E-state index contributed by atoms with van der Waals surface area (Å²) in [6, 6.07) is 5.20. The van der Waals surface area contributed by atoms with Crippen LogP contribution in [0.2, 0.25) is 0 Å². The van der Waals surface area contributed by atoms with Gasteiger partial charge in [0.25, 0.3) is 0 Å². The van der Waals surface area contributed by atoms with E-state index in [4.69, 9.17) is 0 Å². The summed E-state index contributed by atoms with van der Waals surface area (Å²) in [4.78, 5) is 11.4. The second-order valence-corrected chi connectivity index (χ2v) is 4.20. The Morgan fingerprint density at radius 3 is 2.53 bits per heavy atom. The normalized spacial score (nSPS) is 12.1. The van der Waals surface area contributed by atoms with E-state index in [0.717, 1.165) is 0 Å². The van der Waals surface area contributed by atoms with Gasteiger partial charge in [-0.25, -0.2) is 4.39 Å². The molecule has 0 N–H and O–H groups in total. The summed E-state index contributed by atoms with van der Waals surface area (Å²) >= 11 is 0. The van der Waals surface area contributed by atoms with Gasteiger partial charge in [0, 0.05) is 4.90 Å². The molecule has 3 nitrogen and oxygen atoms in total.